The van der Waals surface area contributed by atoms with Crippen LogP contribution in [0, 0.1) is 11.3 Å². The minimum Gasteiger partial charge on any atom is -0.493 e. The van der Waals surface area contributed by atoms with Gasteiger partial charge in [0.2, 0.25) is 0 Å². The van der Waals surface area contributed by atoms with Crippen LogP contribution in [0.2, 0.25) is 0 Å². The molecule has 4 nitrogen and oxygen atoms in total. The molecule has 0 saturated carbocycles. The van der Waals surface area contributed by atoms with E-state index in [2.05, 4.69) is 0 Å². The molecule has 0 bridgehead atoms. The minimum atomic E-state index is -0.191. The van der Waals surface area contributed by atoms with E-state index >= 15 is 0 Å². The molecule has 4 heteroatoms. The number of aliphatic hydroxyl groups is 1. The van der Waals surface area contributed by atoms with Gasteiger partial charge in [-0.3, -0.25) is 0 Å². The van der Waals surface area contributed by atoms with Gasteiger partial charge in [-0.25, -0.2) is 0 Å². The lowest BCUT2D eigenvalue weighted by atomic mass is 10.1. The largest absolute Gasteiger partial charge is 0.493 e. The highest BCUT2D eigenvalue weighted by atomic mass is 16.5. The second kappa shape index (κ2) is 4.49. The summed E-state index contributed by atoms with van der Waals surface area (Å²) in [7, 11) is 3.00. The van der Waals surface area contributed by atoms with E-state index in [0.717, 1.165) is 0 Å². The number of benzene rings is 1. The molecule has 0 aliphatic carbocycles. The monoisotopic (exact) mass is 193 g/mol. The third-order valence-electron chi connectivity index (χ3n) is 1.90. The van der Waals surface area contributed by atoms with E-state index < -0.39 is 0 Å². The van der Waals surface area contributed by atoms with Gasteiger partial charge in [0.1, 0.15) is 0 Å². The van der Waals surface area contributed by atoms with Gasteiger partial charge in [0, 0.05) is 6.07 Å². The molecule has 0 atom stereocenters. The normalized spacial score (nSPS) is 9.29. The number of methoxy groups -OCH3 is 2. The summed E-state index contributed by atoms with van der Waals surface area (Å²) in [6, 6.07) is 5.12. The van der Waals surface area contributed by atoms with Crippen LogP contribution in [0.5, 0.6) is 11.5 Å². The Hall–Kier alpha value is -1.73. The number of rotatable bonds is 3. The first kappa shape index (κ1) is 10.4. The highest BCUT2D eigenvalue weighted by Gasteiger charge is 2.09. The van der Waals surface area contributed by atoms with Gasteiger partial charge in [-0.15, -0.1) is 0 Å². The molecule has 0 aromatic heterocycles. The first-order valence-corrected chi connectivity index (χ1v) is 4.02. The molecule has 74 valence electrons. The lowest BCUT2D eigenvalue weighted by Gasteiger charge is -2.09. The quantitative estimate of drug-likeness (QED) is 0.779. The maximum atomic E-state index is 8.99. The zero-order chi connectivity index (χ0) is 10.6. The van der Waals surface area contributed by atoms with Crippen molar-refractivity contribution in [2.75, 3.05) is 14.2 Å². The van der Waals surface area contributed by atoms with E-state index in [4.69, 9.17) is 19.8 Å². The average Bonchev–Trinajstić information content (AvgIpc) is 2.26. The van der Waals surface area contributed by atoms with Gasteiger partial charge in [0.15, 0.2) is 11.5 Å². The molecule has 0 aliphatic heterocycles. The molecule has 1 aromatic carbocycles. The van der Waals surface area contributed by atoms with Gasteiger partial charge in [0.25, 0.3) is 0 Å². The zero-order valence-electron chi connectivity index (χ0n) is 8.07. The maximum Gasteiger partial charge on any atom is 0.162 e. The molecule has 1 rings (SSSR count). The number of nitrogens with zero attached hydrogens (tertiary/aromatic N) is 1. The number of hydrogen-bond donors (Lipinski definition) is 1. The topological polar surface area (TPSA) is 62.5 Å². The lowest BCUT2D eigenvalue weighted by Crippen LogP contribution is -1.96. The van der Waals surface area contributed by atoms with Crippen molar-refractivity contribution in [3.63, 3.8) is 0 Å². The van der Waals surface area contributed by atoms with E-state index in [1.54, 1.807) is 12.1 Å². The summed E-state index contributed by atoms with van der Waals surface area (Å²) in [5.41, 5.74) is 0.926. The van der Waals surface area contributed by atoms with Crippen LogP contribution in [0.25, 0.3) is 0 Å². The first-order chi connectivity index (χ1) is 6.76. The second-order valence-corrected chi connectivity index (χ2v) is 2.63. The average molecular weight is 193 g/mol. The Morgan fingerprint density at radius 2 is 1.86 bits per heavy atom. The fourth-order valence-electron chi connectivity index (χ4n) is 1.16. The molecule has 0 unspecified atom stereocenters. The van der Waals surface area contributed by atoms with Gasteiger partial charge in [-0.05, 0) is 11.6 Å². The van der Waals surface area contributed by atoms with Gasteiger partial charge in [0.05, 0.1) is 32.5 Å². The van der Waals surface area contributed by atoms with Crippen molar-refractivity contribution in [3.8, 4) is 17.6 Å². The standard InChI is InChI=1S/C10H11NO3/c1-13-9-3-7(5-11)8(6-12)4-10(9)14-2/h3-4,12H,6H2,1-2H3. The van der Waals surface area contributed by atoms with Gasteiger partial charge in [-0.2, -0.15) is 5.26 Å². The van der Waals surface area contributed by atoms with Crippen LogP contribution in [-0.2, 0) is 6.61 Å². The fourth-order valence-corrected chi connectivity index (χ4v) is 1.16. The number of hydrogen-bond acceptors (Lipinski definition) is 4. The van der Waals surface area contributed by atoms with E-state index in [-0.39, 0.29) is 6.61 Å². The Bertz CT molecular complexity index is 368. The summed E-state index contributed by atoms with van der Waals surface area (Å²) in [4.78, 5) is 0. The second-order valence-electron chi connectivity index (χ2n) is 2.63. The molecule has 0 aliphatic rings. The fraction of sp³-hybridized carbons (Fsp3) is 0.300. The molecule has 0 spiro atoms. The minimum absolute atomic E-state index is 0.191. The van der Waals surface area contributed by atoms with Gasteiger partial charge >= 0.3 is 0 Å². The van der Waals surface area contributed by atoms with Gasteiger partial charge < -0.3 is 14.6 Å². The molecule has 0 amide bonds. The number of ether oxygens (including phenoxy) is 2. The van der Waals surface area contributed by atoms with E-state index in [9.17, 15) is 0 Å². The van der Waals surface area contributed by atoms with Crippen molar-refractivity contribution >= 4 is 0 Å². The summed E-state index contributed by atoms with van der Waals surface area (Å²) < 4.78 is 10.1. The molecule has 0 saturated heterocycles. The summed E-state index contributed by atoms with van der Waals surface area (Å²) in [5.74, 6) is 0.997. The Kier molecular flexibility index (Phi) is 3.32. The number of aliphatic hydroxyl groups excluding tert-OH is 1. The Morgan fingerprint density at radius 3 is 2.29 bits per heavy atom. The molecule has 0 radical (unpaired) electrons. The molecule has 0 fully saturated rings. The SMILES string of the molecule is COc1cc(C#N)c(CO)cc1OC. The third-order valence-corrected chi connectivity index (χ3v) is 1.90. The summed E-state index contributed by atoms with van der Waals surface area (Å²) in [5, 5.41) is 17.8. The lowest BCUT2D eigenvalue weighted by molar-refractivity contribution is 0.280. The molecule has 14 heavy (non-hydrogen) atoms. The first-order valence-electron chi connectivity index (χ1n) is 4.02. The molecule has 1 aromatic rings. The van der Waals surface area contributed by atoms with Crippen molar-refractivity contribution in [2.45, 2.75) is 6.61 Å². The third kappa shape index (κ3) is 1.78. The summed E-state index contributed by atoms with van der Waals surface area (Å²) in [6.45, 7) is -0.191. The van der Waals surface area contributed by atoms with Crippen LogP contribution in [0.15, 0.2) is 12.1 Å². The van der Waals surface area contributed by atoms with E-state index in [0.29, 0.717) is 22.6 Å². The van der Waals surface area contributed by atoms with Crippen molar-refractivity contribution in [1.82, 2.24) is 0 Å². The van der Waals surface area contributed by atoms with Crippen LogP contribution >= 0.6 is 0 Å². The van der Waals surface area contributed by atoms with Crippen LogP contribution in [-0.4, -0.2) is 19.3 Å². The summed E-state index contributed by atoms with van der Waals surface area (Å²) in [6.07, 6.45) is 0. The smallest absolute Gasteiger partial charge is 0.162 e. The highest BCUT2D eigenvalue weighted by molar-refractivity contribution is 5.51. The molecule has 0 heterocycles. The van der Waals surface area contributed by atoms with Crippen molar-refractivity contribution in [2.24, 2.45) is 0 Å². The van der Waals surface area contributed by atoms with E-state index in [1.165, 1.54) is 14.2 Å². The maximum absolute atomic E-state index is 8.99. The van der Waals surface area contributed by atoms with Crippen LogP contribution in [0.4, 0.5) is 0 Å². The predicted octanol–water partition coefficient (Wildman–Crippen LogP) is 1.07. The number of nitriles is 1. The van der Waals surface area contributed by atoms with Crippen molar-refractivity contribution in [3.05, 3.63) is 23.3 Å². The summed E-state index contributed by atoms with van der Waals surface area (Å²) >= 11 is 0. The zero-order valence-corrected chi connectivity index (χ0v) is 8.07. The Labute approximate surface area is 82.3 Å². The Balaban J connectivity index is 3.30. The molecular formula is C10H11NO3. The Morgan fingerprint density at radius 1 is 1.29 bits per heavy atom. The van der Waals surface area contributed by atoms with Gasteiger partial charge in [-0.1, -0.05) is 0 Å². The molecular weight excluding hydrogens is 182 g/mol. The van der Waals surface area contributed by atoms with Crippen molar-refractivity contribution < 1.29 is 14.6 Å². The van der Waals surface area contributed by atoms with Crippen LogP contribution < -0.4 is 9.47 Å². The van der Waals surface area contributed by atoms with Crippen LogP contribution in [0.1, 0.15) is 11.1 Å². The molecule has 1 N–H and O–H groups in total. The van der Waals surface area contributed by atoms with Crippen molar-refractivity contribution in [1.29, 1.82) is 5.26 Å². The van der Waals surface area contributed by atoms with Crippen LogP contribution in [0.3, 0.4) is 0 Å². The highest BCUT2D eigenvalue weighted by Crippen LogP contribution is 2.30. The van der Waals surface area contributed by atoms with E-state index in [1.807, 2.05) is 6.07 Å². The predicted molar refractivity (Wildman–Crippen MR) is 50.2 cm³/mol.